The molecule has 2 aromatic rings. The van der Waals surface area contributed by atoms with Gasteiger partial charge in [-0.25, -0.2) is 0 Å². The Balaban J connectivity index is 1.48. The van der Waals surface area contributed by atoms with Crippen molar-refractivity contribution in [2.45, 2.75) is 51.3 Å². The Morgan fingerprint density at radius 1 is 1.16 bits per heavy atom. The van der Waals surface area contributed by atoms with Crippen LogP contribution in [0.2, 0.25) is 0 Å². The molecular weight excluding hydrogens is 310 g/mol. The lowest BCUT2D eigenvalue weighted by Gasteiger charge is -2.40. The summed E-state index contributed by atoms with van der Waals surface area (Å²) in [4.78, 5) is 2.56. The Morgan fingerprint density at radius 3 is 2.68 bits per heavy atom. The van der Waals surface area contributed by atoms with Crippen molar-refractivity contribution in [3.63, 3.8) is 0 Å². The number of nitrogens with zero attached hydrogens (tertiary/aromatic N) is 3. The molecule has 1 aromatic heterocycles. The van der Waals surface area contributed by atoms with E-state index in [1.807, 2.05) is 23.1 Å². The predicted octanol–water partition coefficient (Wildman–Crippen LogP) is 3.30. The topological polar surface area (TPSA) is 41.3 Å². The van der Waals surface area contributed by atoms with E-state index in [0.29, 0.717) is 11.8 Å². The van der Waals surface area contributed by atoms with Gasteiger partial charge in [0.25, 0.3) is 0 Å². The molecule has 1 aliphatic carbocycles. The van der Waals surface area contributed by atoms with E-state index in [2.05, 4.69) is 41.2 Å². The molecule has 2 aliphatic rings. The maximum Gasteiger partial charge on any atom is 0.0688 e. The second-order valence-corrected chi connectivity index (χ2v) is 7.88. The van der Waals surface area contributed by atoms with Crippen molar-refractivity contribution in [3.05, 3.63) is 53.9 Å². The molecule has 134 valence electrons. The van der Waals surface area contributed by atoms with Gasteiger partial charge in [0.1, 0.15) is 0 Å². The van der Waals surface area contributed by atoms with Gasteiger partial charge in [-0.15, -0.1) is 0 Å². The van der Waals surface area contributed by atoms with Crippen molar-refractivity contribution in [1.29, 1.82) is 0 Å². The minimum atomic E-state index is -0.438. The van der Waals surface area contributed by atoms with Crippen molar-refractivity contribution >= 4 is 0 Å². The van der Waals surface area contributed by atoms with Gasteiger partial charge in [0.2, 0.25) is 0 Å². The van der Waals surface area contributed by atoms with Crippen LogP contribution < -0.4 is 0 Å². The Labute approximate surface area is 150 Å². The Kier molecular flexibility index (Phi) is 4.65. The molecule has 2 heterocycles. The molecule has 3 atom stereocenters. The molecule has 1 aliphatic heterocycles. The van der Waals surface area contributed by atoms with E-state index in [1.54, 1.807) is 0 Å². The van der Waals surface area contributed by atoms with Gasteiger partial charge in [0.05, 0.1) is 12.1 Å². The number of fused-ring (bicyclic) bond motifs is 1. The van der Waals surface area contributed by atoms with Gasteiger partial charge in [-0.3, -0.25) is 9.58 Å². The number of benzene rings is 1. The molecule has 0 bridgehead atoms. The van der Waals surface area contributed by atoms with Crippen LogP contribution in [0.3, 0.4) is 0 Å². The largest absolute Gasteiger partial charge is 0.390 e. The highest BCUT2D eigenvalue weighted by molar-refractivity contribution is 5.27. The van der Waals surface area contributed by atoms with Gasteiger partial charge in [-0.1, -0.05) is 37.6 Å². The first-order chi connectivity index (χ1) is 12.2. The zero-order valence-corrected chi connectivity index (χ0v) is 15.1. The number of hydrogen-bond acceptors (Lipinski definition) is 3. The van der Waals surface area contributed by atoms with Gasteiger partial charge >= 0.3 is 0 Å². The zero-order chi connectivity index (χ0) is 17.3. The third-order valence-corrected chi connectivity index (χ3v) is 6.41. The summed E-state index contributed by atoms with van der Waals surface area (Å²) >= 11 is 0. The summed E-state index contributed by atoms with van der Waals surface area (Å²) in [5.41, 5.74) is 2.29. The molecule has 0 radical (unpaired) electrons. The Morgan fingerprint density at radius 2 is 1.96 bits per heavy atom. The van der Waals surface area contributed by atoms with Crippen molar-refractivity contribution in [3.8, 4) is 0 Å². The van der Waals surface area contributed by atoms with E-state index >= 15 is 0 Å². The van der Waals surface area contributed by atoms with E-state index < -0.39 is 5.60 Å². The fourth-order valence-electron chi connectivity index (χ4n) is 4.96. The molecule has 2 fully saturated rings. The normalized spacial score (nSPS) is 29.7. The third-order valence-electron chi connectivity index (χ3n) is 6.41. The molecule has 1 saturated carbocycles. The van der Waals surface area contributed by atoms with Gasteiger partial charge in [0, 0.05) is 37.9 Å². The maximum atomic E-state index is 11.0. The summed E-state index contributed by atoms with van der Waals surface area (Å²) in [5, 5.41) is 15.4. The highest BCUT2D eigenvalue weighted by atomic mass is 16.3. The van der Waals surface area contributed by atoms with E-state index in [0.717, 1.165) is 39.0 Å². The number of aromatic nitrogens is 2. The molecule has 0 unspecified atom stereocenters. The summed E-state index contributed by atoms with van der Waals surface area (Å²) in [6.07, 6.45) is 8.17. The first-order valence-electron chi connectivity index (χ1n) is 9.67. The van der Waals surface area contributed by atoms with Crippen molar-refractivity contribution in [2.24, 2.45) is 11.8 Å². The van der Waals surface area contributed by atoms with E-state index in [9.17, 15) is 5.11 Å². The van der Waals surface area contributed by atoms with Crippen LogP contribution in [0.5, 0.6) is 0 Å². The first kappa shape index (κ1) is 16.8. The van der Waals surface area contributed by atoms with Crippen LogP contribution in [0.15, 0.2) is 42.7 Å². The fourth-order valence-corrected chi connectivity index (χ4v) is 4.96. The van der Waals surface area contributed by atoms with Crippen LogP contribution in [0, 0.1) is 11.8 Å². The maximum absolute atomic E-state index is 11.0. The molecule has 25 heavy (non-hydrogen) atoms. The van der Waals surface area contributed by atoms with Crippen molar-refractivity contribution < 1.29 is 5.11 Å². The van der Waals surface area contributed by atoms with Gasteiger partial charge < -0.3 is 5.11 Å². The van der Waals surface area contributed by atoms with E-state index in [-0.39, 0.29) is 0 Å². The van der Waals surface area contributed by atoms with Crippen molar-refractivity contribution in [2.75, 3.05) is 13.1 Å². The minimum absolute atomic E-state index is 0.438. The molecular formula is C21H29N3O. The zero-order valence-electron chi connectivity index (χ0n) is 15.1. The van der Waals surface area contributed by atoms with E-state index in [4.69, 9.17) is 0 Å². The second-order valence-electron chi connectivity index (χ2n) is 7.88. The van der Waals surface area contributed by atoms with Crippen LogP contribution in [-0.4, -0.2) is 38.5 Å². The van der Waals surface area contributed by atoms with Crippen LogP contribution >= 0.6 is 0 Å². The summed E-state index contributed by atoms with van der Waals surface area (Å²) < 4.78 is 1.98. The quantitative estimate of drug-likeness (QED) is 0.909. The second kappa shape index (κ2) is 6.93. The lowest BCUT2D eigenvalue weighted by molar-refractivity contribution is -0.0613. The number of hydrogen-bond donors (Lipinski definition) is 1. The van der Waals surface area contributed by atoms with Crippen LogP contribution in [0.1, 0.15) is 43.7 Å². The smallest absolute Gasteiger partial charge is 0.0688 e. The van der Waals surface area contributed by atoms with Crippen LogP contribution in [0.4, 0.5) is 0 Å². The Bertz CT molecular complexity index is 699. The standard InChI is InChI=1S/C21H29N3O/c1-2-21(25)10-5-9-19-14-23(16-20(19)21)13-17-7-3-4-8-18(17)15-24-12-6-11-22-24/h3-4,6-8,11-12,19-20,25H,2,5,9-10,13-16H2,1H3/t19-,20+,21-/m0/s1. The van der Waals surface area contributed by atoms with Gasteiger partial charge in [-0.2, -0.15) is 5.10 Å². The van der Waals surface area contributed by atoms with Crippen LogP contribution in [0.25, 0.3) is 0 Å². The average Bonchev–Trinajstić information content (AvgIpc) is 3.27. The minimum Gasteiger partial charge on any atom is -0.390 e. The average molecular weight is 339 g/mol. The number of aliphatic hydroxyl groups is 1. The highest BCUT2D eigenvalue weighted by Gasteiger charge is 2.47. The Hall–Kier alpha value is -1.65. The summed E-state index contributed by atoms with van der Waals surface area (Å²) in [6.45, 7) is 6.10. The molecule has 4 nitrogen and oxygen atoms in total. The lowest BCUT2D eigenvalue weighted by atomic mass is 9.69. The SMILES string of the molecule is CC[C@]1(O)CCC[C@H]2CN(Cc3ccccc3Cn3cccn3)C[C@H]21. The van der Waals surface area contributed by atoms with Crippen LogP contribution in [-0.2, 0) is 13.1 Å². The van der Waals surface area contributed by atoms with E-state index in [1.165, 1.54) is 24.0 Å². The summed E-state index contributed by atoms with van der Waals surface area (Å²) in [6, 6.07) is 10.7. The monoisotopic (exact) mass is 339 g/mol. The highest BCUT2D eigenvalue weighted by Crippen LogP contribution is 2.44. The molecule has 1 N–H and O–H groups in total. The number of likely N-dealkylation sites (tertiary alicyclic amines) is 1. The lowest BCUT2D eigenvalue weighted by Crippen LogP contribution is -2.44. The predicted molar refractivity (Wildman–Crippen MR) is 99.1 cm³/mol. The first-order valence-corrected chi connectivity index (χ1v) is 9.67. The van der Waals surface area contributed by atoms with Gasteiger partial charge in [0.15, 0.2) is 0 Å². The summed E-state index contributed by atoms with van der Waals surface area (Å²) in [5.74, 6) is 1.11. The van der Waals surface area contributed by atoms with Crippen molar-refractivity contribution in [1.82, 2.24) is 14.7 Å². The van der Waals surface area contributed by atoms with Gasteiger partial charge in [-0.05, 0) is 42.4 Å². The molecule has 0 amide bonds. The summed E-state index contributed by atoms with van der Waals surface area (Å²) in [7, 11) is 0. The molecule has 0 spiro atoms. The third kappa shape index (κ3) is 3.38. The molecule has 1 saturated heterocycles. The number of rotatable bonds is 5. The molecule has 4 heteroatoms. The molecule has 4 rings (SSSR count). The molecule has 1 aromatic carbocycles. The fraction of sp³-hybridized carbons (Fsp3) is 0.571.